The third-order valence-corrected chi connectivity index (χ3v) is 7.78. The lowest BCUT2D eigenvalue weighted by Crippen LogP contribution is -2.21. The molecule has 0 spiro atoms. The van der Waals surface area contributed by atoms with E-state index in [4.69, 9.17) is 0 Å². The van der Waals surface area contributed by atoms with Crippen LogP contribution in [0.25, 0.3) is 22.5 Å². The summed E-state index contributed by atoms with van der Waals surface area (Å²) in [5, 5.41) is 9.26. The van der Waals surface area contributed by atoms with E-state index >= 15 is 0 Å². The molecule has 0 bridgehead atoms. The number of aromatic nitrogens is 3. The maximum absolute atomic E-state index is 13.1. The van der Waals surface area contributed by atoms with Crippen molar-refractivity contribution in [2.45, 2.75) is 40.0 Å². The van der Waals surface area contributed by atoms with Crippen LogP contribution in [0.3, 0.4) is 0 Å². The molecular weight excluding hydrogens is 530 g/mol. The van der Waals surface area contributed by atoms with E-state index in [-0.39, 0.29) is 22.7 Å². The second-order valence-electron chi connectivity index (χ2n) is 11.1. The van der Waals surface area contributed by atoms with Gasteiger partial charge in [0.25, 0.3) is 11.5 Å². The Kier molecular flexibility index (Phi) is 7.60. The monoisotopic (exact) mass is 563 g/mol. The first kappa shape index (κ1) is 28.0. The first-order valence-electron chi connectivity index (χ1n) is 13.4. The molecule has 1 amide bonds. The van der Waals surface area contributed by atoms with E-state index in [2.05, 4.69) is 41.4 Å². The van der Waals surface area contributed by atoms with Crippen LogP contribution < -0.4 is 16.2 Å². The summed E-state index contributed by atoms with van der Waals surface area (Å²) in [7, 11) is 1.70. The van der Waals surface area contributed by atoms with Crippen molar-refractivity contribution in [3.63, 3.8) is 0 Å². The highest BCUT2D eigenvalue weighted by Crippen LogP contribution is 2.29. The molecule has 0 saturated carbocycles. The van der Waals surface area contributed by atoms with Gasteiger partial charge in [0.1, 0.15) is 0 Å². The molecule has 0 fully saturated rings. The number of nitrogens with one attached hydrogen (secondary N) is 2. The summed E-state index contributed by atoms with van der Waals surface area (Å²) in [6.45, 7) is 10.4. The molecule has 0 atom stereocenters. The number of hydrogen-bond donors (Lipinski definition) is 2. The number of carbonyl (C=O) groups is 1. The summed E-state index contributed by atoms with van der Waals surface area (Å²) >= 11 is 1.61. The minimum atomic E-state index is -0.242. The molecular formula is C33H33N5O2S. The van der Waals surface area contributed by atoms with Gasteiger partial charge >= 0.3 is 0 Å². The molecule has 0 unspecified atom stereocenters. The fourth-order valence-corrected chi connectivity index (χ4v) is 5.16. The number of thiazole rings is 1. The first-order valence-corrected chi connectivity index (χ1v) is 14.3. The predicted octanol–water partition coefficient (Wildman–Crippen LogP) is 7.48. The molecule has 3 aromatic carbocycles. The third-order valence-electron chi connectivity index (χ3n) is 7.00. The van der Waals surface area contributed by atoms with Gasteiger partial charge in [-0.25, -0.2) is 9.97 Å². The van der Waals surface area contributed by atoms with Crippen molar-refractivity contribution in [3.8, 4) is 22.5 Å². The normalized spacial score (nSPS) is 11.4. The van der Waals surface area contributed by atoms with E-state index in [1.54, 1.807) is 24.6 Å². The molecule has 2 heterocycles. The number of rotatable bonds is 6. The number of aryl methyl sites for hydroxylation is 2. The summed E-state index contributed by atoms with van der Waals surface area (Å²) in [6, 6.07) is 21.1. The standard InChI is InChI=1S/C33H33N5O2S/c1-20-26(8-7-9-27(20)37-31(39)23-10-14-24(15-11-23)33(3,4)5)28-18-38(6)32(40)30(36-28)35-25-16-12-22(13-17-25)29-19-41-21(2)34-29/h7-19H,1-6H3,(H,35,36)(H,37,39). The maximum Gasteiger partial charge on any atom is 0.293 e. The van der Waals surface area contributed by atoms with Crippen LogP contribution in [0.2, 0.25) is 0 Å². The predicted molar refractivity (Wildman–Crippen MR) is 168 cm³/mol. The number of amides is 1. The fraction of sp³-hybridized carbons (Fsp3) is 0.212. The van der Waals surface area contributed by atoms with Crippen molar-refractivity contribution in [3.05, 3.63) is 110 Å². The number of hydrogen-bond acceptors (Lipinski definition) is 6. The number of nitrogens with zero attached hydrogens (tertiary/aromatic N) is 3. The van der Waals surface area contributed by atoms with E-state index < -0.39 is 0 Å². The van der Waals surface area contributed by atoms with Gasteiger partial charge in [-0.3, -0.25) is 9.59 Å². The lowest BCUT2D eigenvalue weighted by atomic mass is 9.86. The second kappa shape index (κ2) is 11.1. The molecule has 7 nitrogen and oxygen atoms in total. The lowest BCUT2D eigenvalue weighted by molar-refractivity contribution is 0.102. The smallest absolute Gasteiger partial charge is 0.293 e. The molecule has 0 aliphatic heterocycles. The van der Waals surface area contributed by atoms with Gasteiger partial charge in [0.2, 0.25) is 0 Å². The Morgan fingerprint density at radius 1 is 0.902 bits per heavy atom. The highest BCUT2D eigenvalue weighted by atomic mass is 32.1. The van der Waals surface area contributed by atoms with Gasteiger partial charge in [-0.2, -0.15) is 0 Å². The Morgan fingerprint density at radius 2 is 1.61 bits per heavy atom. The third kappa shape index (κ3) is 6.12. The van der Waals surface area contributed by atoms with Gasteiger partial charge in [-0.15, -0.1) is 11.3 Å². The van der Waals surface area contributed by atoms with Crippen LogP contribution in [-0.4, -0.2) is 20.4 Å². The highest BCUT2D eigenvalue weighted by molar-refractivity contribution is 7.09. The summed E-state index contributed by atoms with van der Waals surface area (Å²) in [5.41, 5.74) is 7.19. The topological polar surface area (TPSA) is 88.9 Å². The van der Waals surface area contributed by atoms with E-state index in [0.29, 0.717) is 16.9 Å². The Labute approximate surface area is 244 Å². The number of anilines is 3. The number of benzene rings is 3. The molecule has 0 aliphatic rings. The molecule has 8 heteroatoms. The molecule has 0 saturated heterocycles. The highest BCUT2D eigenvalue weighted by Gasteiger charge is 2.17. The van der Waals surface area contributed by atoms with Gasteiger partial charge in [0.15, 0.2) is 5.82 Å². The quantitative estimate of drug-likeness (QED) is 0.224. The van der Waals surface area contributed by atoms with E-state index in [1.165, 1.54) is 10.1 Å². The maximum atomic E-state index is 13.1. The van der Waals surface area contributed by atoms with Gasteiger partial charge in [-0.05, 0) is 60.7 Å². The Morgan fingerprint density at radius 3 is 2.24 bits per heavy atom. The molecule has 0 aliphatic carbocycles. The van der Waals surface area contributed by atoms with Gasteiger partial charge in [0.05, 0.1) is 16.4 Å². The molecule has 5 rings (SSSR count). The van der Waals surface area contributed by atoms with Crippen molar-refractivity contribution >= 4 is 34.4 Å². The fourth-order valence-electron chi connectivity index (χ4n) is 4.54. The summed E-state index contributed by atoms with van der Waals surface area (Å²) in [6.07, 6.45) is 1.71. The molecule has 41 heavy (non-hydrogen) atoms. The van der Waals surface area contributed by atoms with E-state index in [1.807, 2.05) is 86.0 Å². The SMILES string of the molecule is Cc1nc(-c2ccc(Nc3nc(-c4cccc(NC(=O)c5ccc(C(C)(C)C)cc5)c4C)cn(C)c3=O)cc2)cs1. The van der Waals surface area contributed by atoms with Crippen LogP contribution in [-0.2, 0) is 12.5 Å². The van der Waals surface area contributed by atoms with Gasteiger partial charge in [0, 0.05) is 46.7 Å². The largest absolute Gasteiger partial charge is 0.336 e. The molecule has 208 valence electrons. The number of carbonyl (C=O) groups excluding carboxylic acids is 1. The van der Waals surface area contributed by atoms with Crippen molar-refractivity contribution in [2.24, 2.45) is 7.05 Å². The zero-order valence-electron chi connectivity index (χ0n) is 24.1. The molecule has 2 N–H and O–H groups in total. The molecule has 5 aromatic rings. The van der Waals surface area contributed by atoms with E-state index in [0.717, 1.165) is 33.1 Å². The van der Waals surface area contributed by atoms with Crippen molar-refractivity contribution in [2.75, 3.05) is 10.6 Å². The van der Waals surface area contributed by atoms with Crippen LogP contribution in [0.15, 0.2) is 83.1 Å². The van der Waals surface area contributed by atoms with Gasteiger partial charge in [-0.1, -0.05) is 57.2 Å². The summed E-state index contributed by atoms with van der Waals surface area (Å²) in [5.74, 6) is 0.0350. The zero-order valence-corrected chi connectivity index (χ0v) is 24.9. The Hall–Kier alpha value is -4.56. The average Bonchev–Trinajstić information content (AvgIpc) is 3.38. The summed E-state index contributed by atoms with van der Waals surface area (Å²) < 4.78 is 1.51. The molecule has 0 radical (unpaired) electrons. The van der Waals surface area contributed by atoms with Crippen LogP contribution in [0, 0.1) is 13.8 Å². The first-order chi connectivity index (χ1) is 19.5. The Balaban J connectivity index is 1.39. The zero-order chi connectivity index (χ0) is 29.3. The summed E-state index contributed by atoms with van der Waals surface area (Å²) in [4.78, 5) is 35.2. The van der Waals surface area contributed by atoms with Crippen molar-refractivity contribution in [1.29, 1.82) is 0 Å². The van der Waals surface area contributed by atoms with Crippen LogP contribution >= 0.6 is 11.3 Å². The molecule has 2 aromatic heterocycles. The van der Waals surface area contributed by atoms with Crippen molar-refractivity contribution < 1.29 is 4.79 Å². The van der Waals surface area contributed by atoms with E-state index in [9.17, 15) is 9.59 Å². The van der Waals surface area contributed by atoms with Crippen LogP contribution in [0.1, 0.15) is 47.3 Å². The minimum absolute atomic E-state index is 0.0145. The Bertz CT molecular complexity index is 1780. The minimum Gasteiger partial charge on any atom is -0.336 e. The lowest BCUT2D eigenvalue weighted by Gasteiger charge is -2.19. The van der Waals surface area contributed by atoms with Crippen molar-refractivity contribution in [1.82, 2.24) is 14.5 Å². The average molecular weight is 564 g/mol. The van der Waals surface area contributed by atoms with Crippen LogP contribution in [0.5, 0.6) is 0 Å². The second-order valence-corrected chi connectivity index (χ2v) is 12.2. The van der Waals surface area contributed by atoms with Crippen LogP contribution in [0.4, 0.5) is 17.2 Å². The van der Waals surface area contributed by atoms with Gasteiger partial charge < -0.3 is 15.2 Å².